The number of nitrogens with two attached hydrogens (primary N) is 2. The zero-order valence-electron chi connectivity index (χ0n) is 10.5. The normalized spacial score (nSPS) is 10.6. The second-order valence-electron chi connectivity index (χ2n) is 4.44. The molecule has 1 aromatic heterocycles. The fourth-order valence-corrected chi connectivity index (χ4v) is 1.60. The van der Waals surface area contributed by atoms with Gasteiger partial charge in [-0.15, -0.1) is 0 Å². The number of primary amides is 1. The van der Waals surface area contributed by atoms with Crippen LogP contribution >= 0.6 is 0 Å². The number of hydrogen-bond donors (Lipinski definition) is 2. The number of anilines is 2. The summed E-state index contributed by atoms with van der Waals surface area (Å²) in [7, 11) is 0. The number of carbonyl (C=O) groups excluding carboxylic acids is 1. The first-order valence-electron chi connectivity index (χ1n) is 5.53. The van der Waals surface area contributed by atoms with Crippen molar-refractivity contribution in [2.75, 3.05) is 23.7 Å². The van der Waals surface area contributed by atoms with Gasteiger partial charge in [0.1, 0.15) is 17.5 Å². The van der Waals surface area contributed by atoms with Crippen LogP contribution in [-0.4, -0.2) is 29.0 Å². The van der Waals surface area contributed by atoms with Gasteiger partial charge in [0.25, 0.3) is 0 Å². The Balaban J connectivity index is 2.98. The number of nitrogens with zero attached hydrogens (tertiary/aromatic N) is 3. The van der Waals surface area contributed by atoms with Crippen LogP contribution < -0.4 is 16.4 Å². The smallest absolute Gasteiger partial charge is 0.236 e. The van der Waals surface area contributed by atoms with Crippen molar-refractivity contribution in [2.24, 2.45) is 11.7 Å². The molecule has 1 rings (SSSR count). The Morgan fingerprint density at radius 1 is 1.47 bits per heavy atom. The summed E-state index contributed by atoms with van der Waals surface area (Å²) in [5.41, 5.74) is 10.9. The molecule has 0 radical (unpaired) electrons. The van der Waals surface area contributed by atoms with Crippen molar-refractivity contribution >= 4 is 17.5 Å². The maximum absolute atomic E-state index is 11.0. The number of nitrogen functional groups attached to an aromatic ring is 1. The van der Waals surface area contributed by atoms with Gasteiger partial charge in [-0.05, 0) is 12.8 Å². The number of rotatable bonds is 5. The van der Waals surface area contributed by atoms with Crippen LogP contribution in [0.25, 0.3) is 0 Å². The molecule has 0 unspecified atom stereocenters. The molecule has 0 aliphatic heterocycles. The maximum Gasteiger partial charge on any atom is 0.236 e. The number of aryl methyl sites for hydroxylation is 1. The largest absolute Gasteiger partial charge is 0.384 e. The van der Waals surface area contributed by atoms with Crippen LogP contribution in [0.3, 0.4) is 0 Å². The van der Waals surface area contributed by atoms with Gasteiger partial charge in [0.2, 0.25) is 5.91 Å². The Bertz CT molecular complexity index is 385. The second-order valence-corrected chi connectivity index (χ2v) is 4.44. The lowest BCUT2D eigenvalue weighted by Crippen LogP contribution is -2.37. The summed E-state index contributed by atoms with van der Waals surface area (Å²) in [5, 5.41) is 0. The average molecular weight is 237 g/mol. The molecule has 17 heavy (non-hydrogen) atoms. The standard InChI is InChI=1S/C11H19N5O/c1-7(2)5-16(6-10(13)17)11-4-9(12)14-8(3)15-11/h4,7H,5-6H2,1-3H3,(H2,13,17)(H2,12,14,15). The van der Waals surface area contributed by atoms with Gasteiger partial charge >= 0.3 is 0 Å². The molecule has 1 heterocycles. The predicted molar refractivity (Wildman–Crippen MR) is 67.4 cm³/mol. The molecule has 6 heteroatoms. The molecule has 0 bridgehead atoms. The molecule has 0 fully saturated rings. The highest BCUT2D eigenvalue weighted by atomic mass is 16.1. The minimum atomic E-state index is -0.388. The monoisotopic (exact) mass is 237 g/mol. The van der Waals surface area contributed by atoms with E-state index in [0.29, 0.717) is 29.9 Å². The van der Waals surface area contributed by atoms with E-state index in [9.17, 15) is 4.79 Å². The van der Waals surface area contributed by atoms with E-state index in [0.717, 1.165) is 0 Å². The SMILES string of the molecule is Cc1nc(N)cc(N(CC(N)=O)CC(C)C)n1. The summed E-state index contributed by atoms with van der Waals surface area (Å²) in [6, 6.07) is 1.65. The van der Waals surface area contributed by atoms with Crippen molar-refractivity contribution in [3.05, 3.63) is 11.9 Å². The highest BCUT2D eigenvalue weighted by Crippen LogP contribution is 2.15. The summed E-state index contributed by atoms with van der Waals surface area (Å²) in [6.07, 6.45) is 0. The average Bonchev–Trinajstić information content (AvgIpc) is 2.13. The van der Waals surface area contributed by atoms with Crippen LogP contribution in [0.2, 0.25) is 0 Å². The van der Waals surface area contributed by atoms with Crippen LogP contribution in [0.4, 0.5) is 11.6 Å². The van der Waals surface area contributed by atoms with E-state index in [2.05, 4.69) is 23.8 Å². The van der Waals surface area contributed by atoms with Crippen molar-refractivity contribution in [2.45, 2.75) is 20.8 Å². The third kappa shape index (κ3) is 4.26. The van der Waals surface area contributed by atoms with Gasteiger partial charge < -0.3 is 16.4 Å². The van der Waals surface area contributed by atoms with E-state index in [1.165, 1.54) is 0 Å². The Labute approximate surface area is 101 Å². The Morgan fingerprint density at radius 3 is 2.59 bits per heavy atom. The third-order valence-corrected chi connectivity index (χ3v) is 2.10. The Morgan fingerprint density at radius 2 is 2.12 bits per heavy atom. The van der Waals surface area contributed by atoms with Gasteiger partial charge in [-0.2, -0.15) is 0 Å². The van der Waals surface area contributed by atoms with Crippen LogP contribution in [0.1, 0.15) is 19.7 Å². The van der Waals surface area contributed by atoms with Gasteiger partial charge in [-0.1, -0.05) is 13.8 Å². The van der Waals surface area contributed by atoms with E-state index >= 15 is 0 Å². The van der Waals surface area contributed by atoms with Gasteiger partial charge in [-0.3, -0.25) is 4.79 Å². The summed E-state index contributed by atoms with van der Waals surface area (Å²) in [4.78, 5) is 21.1. The minimum absolute atomic E-state index is 0.133. The molecule has 0 saturated carbocycles. The minimum Gasteiger partial charge on any atom is -0.384 e. The van der Waals surface area contributed by atoms with Crippen molar-refractivity contribution in [3.63, 3.8) is 0 Å². The van der Waals surface area contributed by atoms with Gasteiger partial charge in [-0.25, -0.2) is 9.97 Å². The van der Waals surface area contributed by atoms with Crippen molar-refractivity contribution in [1.82, 2.24) is 9.97 Å². The van der Waals surface area contributed by atoms with E-state index in [1.807, 2.05) is 4.90 Å². The molecule has 0 aliphatic carbocycles. The fourth-order valence-electron chi connectivity index (χ4n) is 1.60. The molecule has 4 N–H and O–H groups in total. The van der Waals surface area contributed by atoms with Crippen molar-refractivity contribution in [1.29, 1.82) is 0 Å². The Hall–Kier alpha value is -1.85. The second kappa shape index (κ2) is 5.47. The summed E-state index contributed by atoms with van der Waals surface area (Å²) in [6.45, 7) is 6.71. The van der Waals surface area contributed by atoms with Crippen LogP contribution in [0.15, 0.2) is 6.07 Å². The first-order valence-corrected chi connectivity index (χ1v) is 5.53. The van der Waals surface area contributed by atoms with Crippen molar-refractivity contribution in [3.8, 4) is 0 Å². The predicted octanol–water partition coefficient (Wildman–Crippen LogP) is 0.315. The van der Waals surface area contributed by atoms with Crippen LogP contribution in [0, 0.1) is 12.8 Å². The topological polar surface area (TPSA) is 98.1 Å². The third-order valence-electron chi connectivity index (χ3n) is 2.10. The molecular weight excluding hydrogens is 218 g/mol. The van der Waals surface area contributed by atoms with E-state index < -0.39 is 0 Å². The molecule has 0 saturated heterocycles. The fraction of sp³-hybridized carbons (Fsp3) is 0.545. The zero-order chi connectivity index (χ0) is 13.0. The zero-order valence-corrected chi connectivity index (χ0v) is 10.5. The van der Waals surface area contributed by atoms with Crippen LogP contribution in [-0.2, 0) is 4.79 Å². The lowest BCUT2D eigenvalue weighted by Gasteiger charge is -2.24. The van der Waals surface area contributed by atoms with E-state index in [4.69, 9.17) is 11.5 Å². The number of aromatic nitrogens is 2. The first kappa shape index (κ1) is 13.2. The van der Waals surface area contributed by atoms with Gasteiger partial charge in [0, 0.05) is 12.6 Å². The molecule has 94 valence electrons. The molecule has 0 atom stereocenters. The number of hydrogen-bond acceptors (Lipinski definition) is 5. The maximum atomic E-state index is 11.0. The van der Waals surface area contributed by atoms with E-state index in [1.54, 1.807) is 13.0 Å². The van der Waals surface area contributed by atoms with Gasteiger partial charge in [0.05, 0.1) is 6.54 Å². The summed E-state index contributed by atoms with van der Waals surface area (Å²) < 4.78 is 0. The molecule has 6 nitrogen and oxygen atoms in total. The lowest BCUT2D eigenvalue weighted by molar-refractivity contribution is -0.116. The molecule has 1 aromatic rings. The summed E-state index contributed by atoms with van der Waals surface area (Å²) >= 11 is 0. The lowest BCUT2D eigenvalue weighted by atomic mass is 10.2. The first-order chi connectivity index (χ1) is 7.88. The highest BCUT2D eigenvalue weighted by molar-refractivity contribution is 5.79. The van der Waals surface area contributed by atoms with Crippen LogP contribution in [0.5, 0.6) is 0 Å². The molecule has 1 amide bonds. The molecular formula is C11H19N5O. The molecule has 0 aromatic carbocycles. The van der Waals surface area contributed by atoms with Gasteiger partial charge in [0.15, 0.2) is 0 Å². The Kier molecular flexibility index (Phi) is 4.25. The molecule has 0 aliphatic rings. The van der Waals surface area contributed by atoms with Crippen molar-refractivity contribution < 1.29 is 4.79 Å². The number of carbonyl (C=O) groups is 1. The van der Waals surface area contributed by atoms with E-state index in [-0.39, 0.29) is 12.5 Å². The molecule has 0 spiro atoms. The number of amides is 1. The quantitative estimate of drug-likeness (QED) is 0.768. The highest BCUT2D eigenvalue weighted by Gasteiger charge is 2.13. The summed E-state index contributed by atoms with van der Waals surface area (Å²) in [5.74, 6) is 1.62.